The average molecular weight is 315 g/mol. The van der Waals surface area contributed by atoms with Crippen molar-refractivity contribution in [1.29, 1.82) is 0 Å². The maximum Gasteiger partial charge on any atom is 0.228 e. The van der Waals surface area contributed by atoms with Crippen LogP contribution in [0.15, 0.2) is 18.2 Å². The van der Waals surface area contributed by atoms with Gasteiger partial charge in [-0.05, 0) is 36.8 Å². The fraction of sp³-hybridized carbons (Fsp3) is 0.471. The molecule has 1 aliphatic carbocycles. The third-order valence-corrected chi connectivity index (χ3v) is 4.34. The minimum Gasteiger partial charge on any atom is -0.368 e. The number of hydrogen-bond acceptors (Lipinski definition) is 5. The minimum absolute atomic E-state index is 0.0451. The van der Waals surface area contributed by atoms with Crippen molar-refractivity contribution in [2.45, 2.75) is 45.8 Å². The van der Waals surface area contributed by atoms with Gasteiger partial charge in [0.1, 0.15) is 0 Å². The summed E-state index contributed by atoms with van der Waals surface area (Å²) in [7, 11) is 0. The molecule has 3 N–H and O–H groups in total. The van der Waals surface area contributed by atoms with Gasteiger partial charge in [-0.2, -0.15) is 15.0 Å². The van der Waals surface area contributed by atoms with Crippen molar-refractivity contribution in [2.75, 3.05) is 11.1 Å². The van der Waals surface area contributed by atoms with E-state index < -0.39 is 6.17 Å². The van der Waals surface area contributed by atoms with Crippen LogP contribution < -0.4 is 11.1 Å². The molecule has 0 amide bonds. The Hall–Kier alpha value is -2.24. The van der Waals surface area contributed by atoms with Gasteiger partial charge in [-0.3, -0.25) is 0 Å². The molecule has 6 heteroatoms. The Kier molecular flexibility index (Phi) is 4.15. The van der Waals surface area contributed by atoms with Gasteiger partial charge in [0.15, 0.2) is 12.0 Å². The number of anilines is 2. The summed E-state index contributed by atoms with van der Waals surface area (Å²) in [6.07, 6.45) is 0.0861. The van der Waals surface area contributed by atoms with Gasteiger partial charge < -0.3 is 11.1 Å². The number of aryl methyl sites for hydroxylation is 1. The van der Waals surface area contributed by atoms with Gasteiger partial charge in [0.05, 0.1) is 6.04 Å². The zero-order valence-electron chi connectivity index (χ0n) is 13.7. The van der Waals surface area contributed by atoms with Crippen LogP contribution >= 0.6 is 0 Å². The van der Waals surface area contributed by atoms with Crippen LogP contribution in [0.25, 0.3) is 0 Å². The smallest absolute Gasteiger partial charge is 0.228 e. The first-order valence-corrected chi connectivity index (χ1v) is 7.99. The van der Waals surface area contributed by atoms with Crippen molar-refractivity contribution < 1.29 is 4.39 Å². The molecule has 0 bridgehead atoms. The molecular weight excluding hydrogens is 293 g/mol. The van der Waals surface area contributed by atoms with Crippen molar-refractivity contribution >= 4 is 11.9 Å². The summed E-state index contributed by atoms with van der Waals surface area (Å²) in [5, 5.41) is 3.33. The van der Waals surface area contributed by atoms with E-state index in [1.807, 2.05) is 0 Å². The van der Waals surface area contributed by atoms with Crippen LogP contribution in [0.5, 0.6) is 0 Å². The lowest BCUT2D eigenvalue weighted by molar-refractivity contribution is 0.318. The maximum absolute atomic E-state index is 13.9. The van der Waals surface area contributed by atoms with Crippen LogP contribution in [0.3, 0.4) is 0 Å². The number of nitrogen functional groups attached to an aromatic ring is 1. The second kappa shape index (κ2) is 6.10. The van der Waals surface area contributed by atoms with Crippen molar-refractivity contribution in [3.63, 3.8) is 0 Å². The van der Waals surface area contributed by atoms with E-state index in [9.17, 15) is 4.39 Å². The summed E-state index contributed by atoms with van der Waals surface area (Å²) >= 11 is 0. The minimum atomic E-state index is -1.23. The van der Waals surface area contributed by atoms with Gasteiger partial charge in [0, 0.05) is 0 Å². The molecule has 3 unspecified atom stereocenters. The Morgan fingerprint density at radius 1 is 1.35 bits per heavy atom. The Bertz CT molecular complexity index is 718. The molecular formula is C17H22FN5. The number of rotatable bonds is 4. The molecule has 0 spiro atoms. The second-order valence-electron chi connectivity index (χ2n) is 6.26. The zero-order valence-corrected chi connectivity index (χ0v) is 13.7. The van der Waals surface area contributed by atoms with Crippen molar-refractivity contribution in [3.8, 4) is 0 Å². The first kappa shape index (κ1) is 15.6. The van der Waals surface area contributed by atoms with Gasteiger partial charge in [0.2, 0.25) is 11.9 Å². The van der Waals surface area contributed by atoms with Crippen LogP contribution in [0.1, 0.15) is 55.0 Å². The maximum atomic E-state index is 13.9. The van der Waals surface area contributed by atoms with Crippen LogP contribution in [0.4, 0.5) is 16.3 Å². The molecule has 1 aliphatic rings. The molecule has 0 saturated carbocycles. The van der Waals surface area contributed by atoms with Crippen LogP contribution in [-0.2, 0) is 6.42 Å². The quantitative estimate of drug-likeness (QED) is 0.902. The monoisotopic (exact) mass is 315 g/mol. The predicted molar refractivity (Wildman–Crippen MR) is 88.8 cm³/mol. The molecule has 0 radical (unpaired) electrons. The van der Waals surface area contributed by atoms with Crippen molar-refractivity contribution in [2.24, 2.45) is 5.92 Å². The number of benzene rings is 1. The van der Waals surface area contributed by atoms with Gasteiger partial charge in [-0.1, -0.05) is 37.6 Å². The number of fused-ring (bicyclic) bond motifs is 1. The summed E-state index contributed by atoms with van der Waals surface area (Å²) in [5.41, 5.74) is 9.52. The van der Waals surface area contributed by atoms with Gasteiger partial charge in [0.25, 0.3) is 0 Å². The summed E-state index contributed by atoms with van der Waals surface area (Å²) in [4.78, 5) is 12.2. The number of nitrogens with two attached hydrogens (primary N) is 1. The summed E-state index contributed by atoms with van der Waals surface area (Å²) in [6, 6.07) is 6.58. The highest BCUT2D eigenvalue weighted by atomic mass is 19.1. The molecule has 2 aromatic rings. The molecule has 3 atom stereocenters. The molecule has 1 aromatic carbocycles. The fourth-order valence-electron chi connectivity index (χ4n) is 3.12. The van der Waals surface area contributed by atoms with Gasteiger partial charge >= 0.3 is 0 Å². The summed E-state index contributed by atoms with van der Waals surface area (Å²) in [6.45, 7) is 6.01. The lowest BCUT2D eigenvalue weighted by Crippen LogP contribution is -2.18. The first-order chi connectivity index (χ1) is 11.0. The molecule has 0 saturated heterocycles. The highest BCUT2D eigenvalue weighted by Gasteiger charge is 2.30. The van der Waals surface area contributed by atoms with E-state index >= 15 is 0 Å². The Morgan fingerprint density at radius 2 is 2.13 bits per heavy atom. The molecule has 0 fully saturated rings. The molecule has 122 valence electrons. The van der Waals surface area contributed by atoms with Crippen LogP contribution in [-0.4, -0.2) is 15.0 Å². The lowest BCUT2D eigenvalue weighted by atomic mass is 10.0. The van der Waals surface area contributed by atoms with Gasteiger partial charge in [-0.25, -0.2) is 4.39 Å². The summed E-state index contributed by atoms with van der Waals surface area (Å²) in [5.74, 6) is 0.886. The zero-order chi connectivity index (χ0) is 16.6. The Morgan fingerprint density at radius 3 is 2.87 bits per heavy atom. The standard InChI is InChI=1S/C17H22FN5/c1-4-13(18)15-21-16(19)23-17(22-15)20-14-10(3)8-11-6-5-9(2)7-12(11)14/h5-7,10,13-14H,4,8H2,1-3H3,(H3,19,20,21,22,23). The molecule has 23 heavy (non-hydrogen) atoms. The number of alkyl halides is 1. The molecule has 1 heterocycles. The third-order valence-electron chi connectivity index (χ3n) is 4.34. The number of hydrogen-bond donors (Lipinski definition) is 2. The predicted octanol–water partition coefficient (Wildman–Crippen LogP) is 3.53. The van der Waals surface area contributed by atoms with Crippen LogP contribution in [0, 0.1) is 12.8 Å². The lowest BCUT2D eigenvalue weighted by Gasteiger charge is -2.19. The largest absolute Gasteiger partial charge is 0.368 e. The number of halogens is 1. The highest BCUT2D eigenvalue weighted by Crippen LogP contribution is 2.38. The van der Waals surface area contributed by atoms with E-state index in [0.717, 1.165) is 6.42 Å². The van der Waals surface area contributed by atoms with E-state index in [1.165, 1.54) is 16.7 Å². The van der Waals surface area contributed by atoms with Crippen LogP contribution in [0.2, 0.25) is 0 Å². The topological polar surface area (TPSA) is 76.7 Å². The first-order valence-electron chi connectivity index (χ1n) is 7.99. The number of nitrogens with one attached hydrogen (secondary N) is 1. The van der Waals surface area contributed by atoms with E-state index in [1.54, 1.807) is 6.92 Å². The Balaban J connectivity index is 1.91. The second-order valence-corrected chi connectivity index (χ2v) is 6.26. The number of nitrogens with zero attached hydrogens (tertiary/aromatic N) is 3. The number of aromatic nitrogens is 3. The van der Waals surface area contributed by atoms with E-state index in [4.69, 9.17) is 5.73 Å². The fourth-order valence-corrected chi connectivity index (χ4v) is 3.12. The highest BCUT2D eigenvalue weighted by molar-refractivity contribution is 5.44. The van der Waals surface area contributed by atoms with Crippen molar-refractivity contribution in [1.82, 2.24) is 15.0 Å². The Labute approximate surface area is 135 Å². The van der Waals surface area contributed by atoms with Gasteiger partial charge in [-0.15, -0.1) is 0 Å². The SMILES string of the molecule is CCC(F)c1nc(N)nc(NC2c3cc(C)ccc3CC2C)n1. The molecule has 0 aliphatic heterocycles. The van der Waals surface area contributed by atoms with E-state index in [0.29, 0.717) is 18.3 Å². The molecule has 3 rings (SSSR count). The average Bonchev–Trinajstić information content (AvgIpc) is 2.81. The normalized spacial score (nSPS) is 21.0. The van der Waals surface area contributed by atoms with E-state index in [2.05, 4.69) is 52.3 Å². The molecule has 5 nitrogen and oxygen atoms in total. The van der Waals surface area contributed by atoms with E-state index in [-0.39, 0.29) is 17.8 Å². The summed E-state index contributed by atoms with van der Waals surface area (Å²) < 4.78 is 13.9. The third kappa shape index (κ3) is 3.11. The molecule has 1 aromatic heterocycles. The van der Waals surface area contributed by atoms with Crippen molar-refractivity contribution in [3.05, 3.63) is 40.7 Å².